The number of carbonyl (C=O) groups excluding carboxylic acids is 2. The highest BCUT2D eigenvalue weighted by molar-refractivity contribution is 7.89. The molecule has 1 heterocycles. The molecule has 0 saturated heterocycles. The summed E-state index contributed by atoms with van der Waals surface area (Å²) in [5, 5.41) is 0. The zero-order valence-corrected chi connectivity index (χ0v) is 16.4. The Labute approximate surface area is 168 Å². The van der Waals surface area contributed by atoms with Crippen molar-refractivity contribution in [1.82, 2.24) is 4.72 Å². The molecule has 0 bridgehead atoms. The van der Waals surface area contributed by atoms with Crippen LogP contribution in [0.2, 0.25) is 0 Å². The van der Waals surface area contributed by atoms with E-state index in [2.05, 4.69) is 4.72 Å². The number of hydrogen-bond donors (Lipinski definition) is 1. The van der Waals surface area contributed by atoms with E-state index < -0.39 is 22.1 Å². The van der Waals surface area contributed by atoms with Gasteiger partial charge in [-0.05, 0) is 43.3 Å². The molecule has 0 aliphatic rings. The van der Waals surface area contributed by atoms with Crippen molar-refractivity contribution in [2.45, 2.75) is 24.5 Å². The topological polar surface area (TPSA) is 103 Å². The van der Waals surface area contributed by atoms with Crippen LogP contribution in [0.5, 0.6) is 0 Å². The van der Waals surface area contributed by atoms with Gasteiger partial charge in [-0.2, -0.15) is 0 Å². The highest BCUT2D eigenvalue weighted by Gasteiger charge is 2.21. The molecule has 29 heavy (non-hydrogen) atoms. The van der Waals surface area contributed by atoms with Crippen molar-refractivity contribution in [2.75, 3.05) is 0 Å². The van der Waals surface area contributed by atoms with Gasteiger partial charge in [0.1, 0.15) is 5.76 Å². The van der Waals surface area contributed by atoms with Gasteiger partial charge < -0.3 is 9.15 Å². The third kappa shape index (κ3) is 5.18. The van der Waals surface area contributed by atoms with Gasteiger partial charge in [0, 0.05) is 5.56 Å². The van der Waals surface area contributed by atoms with Crippen molar-refractivity contribution in [3.63, 3.8) is 0 Å². The zero-order valence-electron chi connectivity index (χ0n) is 15.6. The average molecular weight is 413 g/mol. The van der Waals surface area contributed by atoms with Crippen LogP contribution in [0.3, 0.4) is 0 Å². The van der Waals surface area contributed by atoms with Gasteiger partial charge in [-0.3, -0.25) is 4.79 Å². The summed E-state index contributed by atoms with van der Waals surface area (Å²) in [5.41, 5.74) is 0.583. The van der Waals surface area contributed by atoms with Crippen LogP contribution in [-0.4, -0.2) is 26.3 Å². The van der Waals surface area contributed by atoms with Gasteiger partial charge in [-0.25, -0.2) is 17.9 Å². The quantitative estimate of drug-likeness (QED) is 0.449. The van der Waals surface area contributed by atoms with Gasteiger partial charge in [0.2, 0.25) is 15.8 Å². The lowest BCUT2D eigenvalue weighted by atomic mass is 10.1. The number of hydrogen-bond acceptors (Lipinski definition) is 6. The van der Waals surface area contributed by atoms with Gasteiger partial charge in [-0.1, -0.05) is 30.3 Å². The maximum atomic E-state index is 12.3. The maximum Gasteiger partial charge on any atom is 0.338 e. The minimum absolute atomic E-state index is 0.00554. The molecule has 0 spiro atoms. The lowest BCUT2D eigenvalue weighted by molar-refractivity contribution is 0.0318. The molecule has 3 aromatic rings. The average Bonchev–Trinajstić information content (AvgIpc) is 3.26. The van der Waals surface area contributed by atoms with Crippen LogP contribution in [-0.2, 0) is 21.3 Å². The molecule has 0 aliphatic heterocycles. The lowest BCUT2D eigenvalue weighted by Crippen LogP contribution is -2.25. The number of rotatable bonds is 8. The van der Waals surface area contributed by atoms with Crippen LogP contribution in [0, 0.1) is 0 Å². The highest BCUT2D eigenvalue weighted by Crippen LogP contribution is 2.14. The predicted octanol–water partition coefficient (Wildman–Crippen LogP) is 3.19. The fourth-order valence-electron chi connectivity index (χ4n) is 2.55. The van der Waals surface area contributed by atoms with Gasteiger partial charge in [-0.15, -0.1) is 0 Å². The van der Waals surface area contributed by atoms with Crippen molar-refractivity contribution in [3.8, 4) is 0 Å². The SMILES string of the molecule is C[C@H](OC(=O)c1ccc(S(=O)(=O)NCc2ccco2)cc1)C(=O)c1ccccc1. The lowest BCUT2D eigenvalue weighted by Gasteiger charge is -2.12. The fourth-order valence-corrected chi connectivity index (χ4v) is 3.55. The fraction of sp³-hybridized carbons (Fsp3) is 0.143. The number of Topliss-reactive ketones (excluding diaryl/α,β-unsaturated/α-hetero) is 1. The molecule has 0 radical (unpaired) electrons. The Morgan fingerprint density at radius 1 is 0.966 bits per heavy atom. The Hall–Kier alpha value is -3.23. The second-order valence-corrected chi connectivity index (χ2v) is 7.97. The van der Waals surface area contributed by atoms with E-state index in [-0.39, 0.29) is 22.8 Å². The molecule has 1 aromatic heterocycles. The molecule has 8 heteroatoms. The minimum atomic E-state index is -3.77. The van der Waals surface area contributed by atoms with E-state index in [1.54, 1.807) is 42.5 Å². The third-order valence-corrected chi connectivity index (χ3v) is 5.55. The summed E-state index contributed by atoms with van der Waals surface area (Å²) >= 11 is 0. The second kappa shape index (κ2) is 8.85. The normalized spacial score (nSPS) is 12.3. The summed E-state index contributed by atoms with van der Waals surface area (Å²) in [6, 6.07) is 17.1. The summed E-state index contributed by atoms with van der Waals surface area (Å²) in [4.78, 5) is 24.6. The van der Waals surface area contributed by atoms with Crippen LogP contribution in [0.25, 0.3) is 0 Å². The van der Waals surface area contributed by atoms with E-state index in [1.165, 1.54) is 37.5 Å². The Kier molecular flexibility index (Phi) is 6.26. The first kappa shape index (κ1) is 20.5. The molecule has 150 valence electrons. The van der Waals surface area contributed by atoms with Crippen LogP contribution in [0.4, 0.5) is 0 Å². The van der Waals surface area contributed by atoms with E-state index >= 15 is 0 Å². The zero-order chi connectivity index (χ0) is 20.9. The molecule has 2 aromatic carbocycles. The summed E-state index contributed by atoms with van der Waals surface area (Å²) in [6.45, 7) is 1.50. The summed E-state index contributed by atoms with van der Waals surface area (Å²) in [5.74, 6) is -0.555. The van der Waals surface area contributed by atoms with Gasteiger partial charge >= 0.3 is 5.97 Å². The molecule has 7 nitrogen and oxygen atoms in total. The van der Waals surface area contributed by atoms with Crippen LogP contribution >= 0.6 is 0 Å². The standard InChI is InChI=1S/C21H19NO6S/c1-15(20(23)16-6-3-2-4-7-16)28-21(24)17-9-11-19(12-10-17)29(25,26)22-14-18-8-5-13-27-18/h2-13,15,22H,14H2,1H3/t15-/m0/s1. The van der Waals surface area contributed by atoms with Crippen molar-refractivity contribution >= 4 is 21.8 Å². The Bertz CT molecular complexity index is 1070. The summed E-state index contributed by atoms with van der Waals surface area (Å²) < 4.78 is 37.3. The number of carbonyl (C=O) groups is 2. The summed E-state index contributed by atoms with van der Waals surface area (Å²) in [6.07, 6.45) is 0.483. The highest BCUT2D eigenvalue weighted by atomic mass is 32.2. The van der Waals surface area contributed by atoms with Crippen LogP contribution in [0.1, 0.15) is 33.4 Å². The Balaban J connectivity index is 1.63. The van der Waals surface area contributed by atoms with E-state index in [9.17, 15) is 18.0 Å². The first-order valence-electron chi connectivity index (χ1n) is 8.79. The van der Waals surface area contributed by atoms with Crippen LogP contribution in [0.15, 0.2) is 82.3 Å². The Morgan fingerprint density at radius 3 is 2.28 bits per heavy atom. The molecule has 3 rings (SSSR count). The van der Waals surface area contributed by atoms with Gasteiger partial charge in [0.25, 0.3) is 0 Å². The number of ketones is 1. The minimum Gasteiger partial charge on any atom is -0.468 e. The molecule has 1 N–H and O–H groups in total. The number of nitrogens with one attached hydrogen (secondary N) is 1. The van der Waals surface area contributed by atoms with E-state index in [0.29, 0.717) is 11.3 Å². The number of furan rings is 1. The summed E-state index contributed by atoms with van der Waals surface area (Å²) in [7, 11) is -3.77. The number of benzene rings is 2. The third-order valence-electron chi connectivity index (χ3n) is 4.13. The van der Waals surface area contributed by atoms with E-state index in [4.69, 9.17) is 9.15 Å². The monoisotopic (exact) mass is 413 g/mol. The van der Waals surface area contributed by atoms with Gasteiger partial charge in [0.15, 0.2) is 6.10 Å². The first-order valence-corrected chi connectivity index (χ1v) is 10.3. The van der Waals surface area contributed by atoms with Crippen molar-refractivity contribution in [1.29, 1.82) is 0 Å². The molecule has 0 fully saturated rings. The molecular formula is C21H19NO6S. The van der Waals surface area contributed by atoms with Crippen molar-refractivity contribution in [2.24, 2.45) is 0 Å². The number of sulfonamides is 1. The first-order chi connectivity index (χ1) is 13.9. The van der Waals surface area contributed by atoms with Gasteiger partial charge in [0.05, 0.1) is 23.3 Å². The molecular weight excluding hydrogens is 394 g/mol. The maximum absolute atomic E-state index is 12.3. The number of ether oxygens (including phenoxy) is 1. The molecule has 0 unspecified atom stereocenters. The molecule has 0 saturated carbocycles. The largest absolute Gasteiger partial charge is 0.468 e. The van der Waals surface area contributed by atoms with Crippen molar-refractivity contribution < 1.29 is 27.2 Å². The molecule has 0 aliphatic carbocycles. The number of esters is 1. The Morgan fingerprint density at radius 2 is 1.66 bits per heavy atom. The van der Waals surface area contributed by atoms with E-state index in [1.807, 2.05) is 0 Å². The van der Waals surface area contributed by atoms with E-state index in [0.717, 1.165) is 0 Å². The smallest absolute Gasteiger partial charge is 0.338 e. The second-order valence-electron chi connectivity index (χ2n) is 6.21. The van der Waals surface area contributed by atoms with Crippen LogP contribution < -0.4 is 4.72 Å². The molecule has 1 atom stereocenters. The predicted molar refractivity (Wildman–Crippen MR) is 105 cm³/mol. The van der Waals surface area contributed by atoms with Crippen molar-refractivity contribution in [3.05, 3.63) is 89.9 Å². The molecule has 0 amide bonds.